The molecular formula is C23H25NO3. The van der Waals surface area contributed by atoms with Gasteiger partial charge in [0, 0.05) is 25.4 Å². The van der Waals surface area contributed by atoms with E-state index in [0.717, 1.165) is 24.0 Å². The molecule has 0 spiro atoms. The van der Waals surface area contributed by atoms with E-state index in [1.807, 2.05) is 48.5 Å². The molecule has 4 nitrogen and oxygen atoms in total. The Hall–Kier alpha value is -2.46. The predicted molar refractivity (Wildman–Crippen MR) is 103 cm³/mol. The summed E-state index contributed by atoms with van der Waals surface area (Å²) in [6, 6.07) is 19.8. The Morgan fingerprint density at radius 2 is 1.67 bits per heavy atom. The van der Waals surface area contributed by atoms with Crippen molar-refractivity contribution >= 4 is 11.8 Å². The molecule has 1 saturated heterocycles. The molecule has 27 heavy (non-hydrogen) atoms. The summed E-state index contributed by atoms with van der Waals surface area (Å²) in [5.74, 6) is 0.546. The number of benzene rings is 2. The Labute approximate surface area is 160 Å². The molecule has 0 aromatic heterocycles. The standard InChI is InChI=1S/C23H25NO3/c25-20-12-11-19-13-22(23(26)27-16-18-9-5-2-6-10-18)24(21(19)14-20)15-17-7-3-1-4-8-17/h1-10,19,21-22H,11-16H2. The SMILES string of the molecule is O=C1CCC2CC(C(=O)OCc3ccccc3)N(Cc3ccccc3)C2C1. The van der Waals surface area contributed by atoms with Crippen LogP contribution < -0.4 is 0 Å². The molecule has 0 amide bonds. The van der Waals surface area contributed by atoms with Crippen LogP contribution >= 0.6 is 0 Å². The summed E-state index contributed by atoms with van der Waals surface area (Å²) < 4.78 is 5.65. The number of esters is 1. The topological polar surface area (TPSA) is 46.6 Å². The summed E-state index contributed by atoms with van der Waals surface area (Å²) in [5, 5.41) is 0. The molecule has 3 atom stereocenters. The third kappa shape index (κ3) is 4.11. The summed E-state index contributed by atoms with van der Waals surface area (Å²) in [5.41, 5.74) is 2.16. The van der Waals surface area contributed by atoms with E-state index in [-0.39, 0.29) is 18.1 Å². The molecule has 1 saturated carbocycles. The molecule has 3 unspecified atom stereocenters. The summed E-state index contributed by atoms with van der Waals surface area (Å²) in [6.45, 7) is 0.976. The molecule has 1 heterocycles. The smallest absolute Gasteiger partial charge is 0.323 e. The van der Waals surface area contributed by atoms with Crippen LogP contribution in [0.25, 0.3) is 0 Å². The first kappa shape index (κ1) is 17.9. The summed E-state index contributed by atoms with van der Waals surface area (Å²) in [7, 11) is 0. The third-order valence-electron chi connectivity index (χ3n) is 5.83. The number of nitrogens with zero attached hydrogens (tertiary/aromatic N) is 1. The fourth-order valence-corrected chi connectivity index (χ4v) is 4.44. The Bertz CT molecular complexity index is 790. The molecule has 1 aliphatic heterocycles. The zero-order chi connectivity index (χ0) is 18.6. The number of ether oxygens (including phenoxy) is 1. The first-order valence-corrected chi connectivity index (χ1v) is 9.72. The van der Waals surface area contributed by atoms with Gasteiger partial charge in [0.25, 0.3) is 0 Å². The van der Waals surface area contributed by atoms with Gasteiger partial charge in [0.05, 0.1) is 0 Å². The first-order valence-electron chi connectivity index (χ1n) is 9.72. The van der Waals surface area contributed by atoms with E-state index in [4.69, 9.17) is 4.74 Å². The summed E-state index contributed by atoms with van der Waals surface area (Å²) in [4.78, 5) is 27.2. The molecule has 4 rings (SSSR count). The van der Waals surface area contributed by atoms with Crippen molar-refractivity contribution in [2.24, 2.45) is 5.92 Å². The average Bonchev–Trinajstić information content (AvgIpc) is 3.05. The molecule has 0 N–H and O–H groups in total. The number of hydrogen-bond donors (Lipinski definition) is 0. The van der Waals surface area contributed by atoms with Crippen molar-refractivity contribution in [1.29, 1.82) is 0 Å². The van der Waals surface area contributed by atoms with Crippen molar-refractivity contribution in [2.45, 2.75) is 50.9 Å². The Kier molecular flexibility index (Phi) is 5.35. The second-order valence-electron chi connectivity index (χ2n) is 7.61. The van der Waals surface area contributed by atoms with E-state index in [0.29, 0.717) is 37.7 Å². The van der Waals surface area contributed by atoms with Gasteiger partial charge in [-0.1, -0.05) is 60.7 Å². The lowest BCUT2D eigenvalue weighted by atomic mass is 9.84. The van der Waals surface area contributed by atoms with Crippen LogP contribution in [0.5, 0.6) is 0 Å². The summed E-state index contributed by atoms with van der Waals surface area (Å²) in [6.07, 6.45) is 2.88. The summed E-state index contributed by atoms with van der Waals surface area (Å²) >= 11 is 0. The van der Waals surface area contributed by atoms with Crippen LogP contribution in [0.15, 0.2) is 60.7 Å². The van der Waals surface area contributed by atoms with Gasteiger partial charge in [-0.05, 0) is 29.9 Å². The number of rotatable bonds is 5. The van der Waals surface area contributed by atoms with Crippen LogP contribution in [-0.4, -0.2) is 28.7 Å². The molecular weight excluding hydrogens is 338 g/mol. The minimum Gasteiger partial charge on any atom is -0.460 e. The maximum Gasteiger partial charge on any atom is 0.323 e. The molecule has 2 aliphatic rings. The van der Waals surface area contributed by atoms with Gasteiger partial charge < -0.3 is 4.74 Å². The van der Waals surface area contributed by atoms with E-state index >= 15 is 0 Å². The zero-order valence-corrected chi connectivity index (χ0v) is 15.4. The maximum atomic E-state index is 12.9. The minimum absolute atomic E-state index is 0.153. The van der Waals surface area contributed by atoms with Crippen LogP contribution in [-0.2, 0) is 27.5 Å². The number of carbonyl (C=O) groups excluding carboxylic acids is 2. The molecule has 1 aliphatic carbocycles. The van der Waals surface area contributed by atoms with Gasteiger partial charge in [0.15, 0.2) is 0 Å². The fraction of sp³-hybridized carbons (Fsp3) is 0.391. The quantitative estimate of drug-likeness (QED) is 0.759. The highest BCUT2D eigenvalue weighted by molar-refractivity contribution is 5.81. The Morgan fingerprint density at radius 3 is 2.37 bits per heavy atom. The van der Waals surface area contributed by atoms with Gasteiger partial charge in [-0.25, -0.2) is 0 Å². The van der Waals surface area contributed by atoms with E-state index in [1.54, 1.807) is 0 Å². The number of fused-ring (bicyclic) bond motifs is 1. The lowest BCUT2D eigenvalue weighted by Gasteiger charge is -2.32. The highest BCUT2D eigenvalue weighted by Crippen LogP contribution is 2.40. The first-order chi connectivity index (χ1) is 13.2. The number of ketones is 1. The fourth-order valence-electron chi connectivity index (χ4n) is 4.44. The number of hydrogen-bond acceptors (Lipinski definition) is 4. The number of Topliss-reactive ketones (excluding diaryl/α,β-unsaturated/α-hetero) is 1. The minimum atomic E-state index is -0.269. The van der Waals surface area contributed by atoms with Crippen molar-refractivity contribution in [3.63, 3.8) is 0 Å². The molecule has 0 radical (unpaired) electrons. The van der Waals surface area contributed by atoms with Crippen molar-refractivity contribution in [3.05, 3.63) is 71.8 Å². The van der Waals surface area contributed by atoms with Crippen LogP contribution in [0.1, 0.15) is 36.8 Å². The van der Waals surface area contributed by atoms with E-state index in [2.05, 4.69) is 17.0 Å². The van der Waals surface area contributed by atoms with Gasteiger partial charge >= 0.3 is 5.97 Å². The average molecular weight is 363 g/mol. The van der Waals surface area contributed by atoms with E-state index < -0.39 is 0 Å². The molecule has 4 heteroatoms. The molecule has 140 valence electrons. The largest absolute Gasteiger partial charge is 0.460 e. The molecule has 2 fully saturated rings. The van der Waals surface area contributed by atoms with Crippen molar-refractivity contribution in [3.8, 4) is 0 Å². The Balaban J connectivity index is 1.49. The zero-order valence-electron chi connectivity index (χ0n) is 15.4. The second-order valence-corrected chi connectivity index (χ2v) is 7.61. The monoisotopic (exact) mass is 363 g/mol. The van der Waals surface area contributed by atoms with Gasteiger partial charge in [0.2, 0.25) is 0 Å². The van der Waals surface area contributed by atoms with E-state index in [1.165, 1.54) is 0 Å². The highest BCUT2D eigenvalue weighted by Gasteiger charge is 2.47. The number of likely N-dealkylation sites (tertiary alicyclic amines) is 1. The van der Waals surface area contributed by atoms with Gasteiger partial charge in [-0.3, -0.25) is 14.5 Å². The highest BCUT2D eigenvalue weighted by atomic mass is 16.5. The molecule has 2 aromatic rings. The van der Waals surface area contributed by atoms with Crippen molar-refractivity contribution in [2.75, 3.05) is 0 Å². The van der Waals surface area contributed by atoms with Crippen LogP contribution in [0.4, 0.5) is 0 Å². The lowest BCUT2D eigenvalue weighted by molar-refractivity contribution is -0.151. The van der Waals surface area contributed by atoms with Gasteiger partial charge in [-0.2, -0.15) is 0 Å². The Morgan fingerprint density at radius 1 is 1.00 bits per heavy atom. The normalized spacial score (nSPS) is 25.2. The van der Waals surface area contributed by atoms with Crippen LogP contribution in [0.3, 0.4) is 0 Å². The maximum absolute atomic E-state index is 12.9. The van der Waals surface area contributed by atoms with Gasteiger partial charge in [0.1, 0.15) is 18.4 Å². The third-order valence-corrected chi connectivity index (χ3v) is 5.83. The second kappa shape index (κ2) is 8.05. The van der Waals surface area contributed by atoms with E-state index in [9.17, 15) is 9.59 Å². The van der Waals surface area contributed by atoms with Crippen LogP contribution in [0.2, 0.25) is 0 Å². The van der Waals surface area contributed by atoms with Crippen molar-refractivity contribution < 1.29 is 14.3 Å². The predicted octanol–water partition coefficient (Wildman–Crippen LogP) is 3.74. The molecule has 0 bridgehead atoms. The lowest BCUT2D eigenvalue weighted by Crippen LogP contribution is -2.43. The number of carbonyl (C=O) groups is 2. The van der Waals surface area contributed by atoms with Crippen LogP contribution in [0, 0.1) is 5.92 Å². The molecule has 2 aromatic carbocycles. The van der Waals surface area contributed by atoms with Crippen molar-refractivity contribution in [1.82, 2.24) is 4.90 Å². The van der Waals surface area contributed by atoms with Gasteiger partial charge in [-0.15, -0.1) is 0 Å².